The van der Waals surface area contributed by atoms with Crippen LogP contribution >= 0.6 is 0 Å². The number of fused-ring (bicyclic) bond motifs is 2. The van der Waals surface area contributed by atoms with Crippen molar-refractivity contribution in [2.75, 3.05) is 19.6 Å². The lowest BCUT2D eigenvalue weighted by Crippen LogP contribution is -2.33. The van der Waals surface area contributed by atoms with Crippen molar-refractivity contribution in [2.24, 2.45) is 0 Å². The summed E-state index contributed by atoms with van der Waals surface area (Å²) in [6, 6.07) is 22.7. The number of carbonyl (C=O) groups is 1. The fourth-order valence-electron chi connectivity index (χ4n) is 3.68. The number of rotatable bonds is 5. The number of benzene rings is 3. The third kappa shape index (κ3) is 3.78. The molecule has 26 heavy (non-hydrogen) atoms. The Morgan fingerprint density at radius 1 is 0.923 bits per heavy atom. The van der Waals surface area contributed by atoms with Gasteiger partial charge in [-0.25, -0.2) is 0 Å². The quantitative estimate of drug-likeness (QED) is 0.709. The van der Waals surface area contributed by atoms with Gasteiger partial charge in [-0.2, -0.15) is 0 Å². The van der Waals surface area contributed by atoms with Gasteiger partial charge in [0.15, 0.2) is 0 Å². The minimum Gasteiger partial charge on any atom is -0.352 e. The van der Waals surface area contributed by atoms with E-state index in [1.807, 2.05) is 36.4 Å². The third-order valence-corrected chi connectivity index (χ3v) is 5.16. The van der Waals surface area contributed by atoms with Crippen LogP contribution in [0.15, 0.2) is 66.7 Å². The molecule has 1 aliphatic rings. The Balaban J connectivity index is 1.26. The second-order valence-electron chi connectivity index (χ2n) is 6.97. The lowest BCUT2D eigenvalue weighted by atomic mass is 10.00. The molecule has 0 saturated carbocycles. The maximum Gasteiger partial charge on any atom is 0.251 e. The van der Waals surface area contributed by atoms with E-state index in [1.54, 1.807) is 0 Å². The smallest absolute Gasteiger partial charge is 0.251 e. The highest BCUT2D eigenvalue weighted by atomic mass is 16.1. The molecule has 0 bridgehead atoms. The molecular weight excluding hydrogens is 320 g/mol. The number of nitrogens with zero attached hydrogens (tertiary/aromatic N) is 1. The molecule has 0 saturated heterocycles. The third-order valence-electron chi connectivity index (χ3n) is 5.16. The lowest BCUT2D eigenvalue weighted by Gasteiger charge is -2.28. The van der Waals surface area contributed by atoms with Gasteiger partial charge in [0, 0.05) is 31.7 Å². The maximum atomic E-state index is 12.4. The Bertz CT molecular complexity index is 919. The first-order valence-electron chi connectivity index (χ1n) is 9.36. The van der Waals surface area contributed by atoms with Crippen LogP contribution in [0.5, 0.6) is 0 Å². The van der Waals surface area contributed by atoms with Gasteiger partial charge in [0.1, 0.15) is 0 Å². The van der Waals surface area contributed by atoms with E-state index >= 15 is 0 Å². The normalized spacial score (nSPS) is 14.2. The molecule has 1 aliphatic heterocycles. The van der Waals surface area contributed by atoms with Crippen molar-refractivity contribution in [3.05, 3.63) is 83.4 Å². The molecule has 0 spiro atoms. The second-order valence-corrected chi connectivity index (χ2v) is 6.97. The molecule has 0 atom stereocenters. The highest BCUT2D eigenvalue weighted by Crippen LogP contribution is 2.18. The fourth-order valence-corrected chi connectivity index (χ4v) is 3.68. The van der Waals surface area contributed by atoms with Gasteiger partial charge in [0.2, 0.25) is 0 Å². The van der Waals surface area contributed by atoms with E-state index in [0.717, 1.165) is 48.8 Å². The van der Waals surface area contributed by atoms with E-state index in [4.69, 9.17) is 0 Å². The Kier molecular flexibility index (Phi) is 4.98. The van der Waals surface area contributed by atoms with Gasteiger partial charge in [-0.1, -0.05) is 54.6 Å². The number of amides is 1. The van der Waals surface area contributed by atoms with Crippen LogP contribution in [0.25, 0.3) is 10.8 Å². The highest BCUT2D eigenvalue weighted by molar-refractivity contribution is 5.98. The van der Waals surface area contributed by atoms with E-state index in [-0.39, 0.29) is 5.91 Å². The van der Waals surface area contributed by atoms with Gasteiger partial charge in [0.05, 0.1) is 0 Å². The number of nitrogens with one attached hydrogen (secondary N) is 1. The van der Waals surface area contributed by atoms with Crippen LogP contribution in [0.3, 0.4) is 0 Å². The van der Waals surface area contributed by atoms with Crippen LogP contribution in [-0.2, 0) is 13.0 Å². The first kappa shape index (κ1) is 16.8. The monoisotopic (exact) mass is 344 g/mol. The first-order valence-corrected chi connectivity index (χ1v) is 9.36. The molecule has 4 rings (SSSR count). The molecule has 1 N–H and O–H groups in total. The minimum absolute atomic E-state index is 0.0137. The first-order chi connectivity index (χ1) is 12.8. The zero-order valence-electron chi connectivity index (χ0n) is 14.9. The second kappa shape index (κ2) is 7.71. The van der Waals surface area contributed by atoms with Gasteiger partial charge < -0.3 is 5.32 Å². The average Bonchev–Trinajstić information content (AvgIpc) is 2.70. The van der Waals surface area contributed by atoms with Crippen molar-refractivity contribution in [1.82, 2.24) is 10.2 Å². The summed E-state index contributed by atoms with van der Waals surface area (Å²) in [7, 11) is 0. The Morgan fingerprint density at radius 2 is 1.69 bits per heavy atom. The molecule has 0 radical (unpaired) electrons. The van der Waals surface area contributed by atoms with Crippen LogP contribution in [-0.4, -0.2) is 30.4 Å². The van der Waals surface area contributed by atoms with E-state index in [2.05, 4.69) is 40.5 Å². The van der Waals surface area contributed by atoms with Crippen molar-refractivity contribution in [2.45, 2.75) is 19.4 Å². The van der Waals surface area contributed by atoms with Gasteiger partial charge in [-0.15, -0.1) is 0 Å². The predicted octanol–water partition coefficient (Wildman–Crippen LogP) is 4.02. The van der Waals surface area contributed by atoms with Crippen LogP contribution in [0.2, 0.25) is 0 Å². The van der Waals surface area contributed by atoms with Crippen LogP contribution in [0.4, 0.5) is 0 Å². The number of carbonyl (C=O) groups excluding carboxylic acids is 1. The Labute approximate surface area is 154 Å². The fraction of sp³-hybridized carbons (Fsp3) is 0.261. The largest absolute Gasteiger partial charge is 0.352 e. The van der Waals surface area contributed by atoms with Crippen molar-refractivity contribution < 1.29 is 4.79 Å². The Morgan fingerprint density at radius 3 is 2.58 bits per heavy atom. The molecule has 132 valence electrons. The summed E-state index contributed by atoms with van der Waals surface area (Å²) in [4.78, 5) is 14.9. The topological polar surface area (TPSA) is 32.3 Å². The summed E-state index contributed by atoms with van der Waals surface area (Å²) in [6.07, 6.45) is 2.10. The summed E-state index contributed by atoms with van der Waals surface area (Å²) in [5.74, 6) is 0.0137. The van der Waals surface area contributed by atoms with Crippen LogP contribution in [0.1, 0.15) is 27.9 Å². The van der Waals surface area contributed by atoms with Gasteiger partial charge >= 0.3 is 0 Å². The number of hydrogen-bond donors (Lipinski definition) is 1. The van der Waals surface area contributed by atoms with E-state index in [9.17, 15) is 4.79 Å². The molecular formula is C23H24N2O. The molecule has 3 aromatic carbocycles. The van der Waals surface area contributed by atoms with Crippen molar-refractivity contribution in [3.8, 4) is 0 Å². The summed E-state index contributed by atoms with van der Waals surface area (Å²) in [6.45, 7) is 3.86. The van der Waals surface area contributed by atoms with Gasteiger partial charge in [-0.05, 0) is 46.9 Å². The molecule has 3 nitrogen and oxygen atoms in total. The lowest BCUT2D eigenvalue weighted by molar-refractivity contribution is 0.0951. The molecule has 0 unspecified atom stereocenters. The van der Waals surface area contributed by atoms with Crippen molar-refractivity contribution in [3.63, 3.8) is 0 Å². The molecule has 0 aliphatic carbocycles. The van der Waals surface area contributed by atoms with Crippen molar-refractivity contribution in [1.29, 1.82) is 0 Å². The van der Waals surface area contributed by atoms with Gasteiger partial charge in [0.25, 0.3) is 5.91 Å². The predicted molar refractivity (Wildman–Crippen MR) is 106 cm³/mol. The Hall–Kier alpha value is -2.65. The van der Waals surface area contributed by atoms with Crippen LogP contribution in [0, 0.1) is 0 Å². The summed E-state index contributed by atoms with van der Waals surface area (Å²) in [5.41, 5.74) is 3.66. The average molecular weight is 344 g/mol. The summed E-state index contributed by atoms with van der Waals surface area (Å²) >= 11 is 0. The van der Waals surface area contributed by atoms with E-state index in [1.165, 1.54) is 11.1 Å². The maximum absolute atomic E-state index is 12.4. The van der Waals surface area contributed by atoms with E-state index < -0.39 is 0 Å². The van der Waals surface area contributed by atoms with Gasteiger partial charge in [-0.3, -0.25) is 9.69 Å². The van der Waals surface area contributed by atoms with Crippen LogP contribution < -0.4 is 5.32 Å². The molecule has 3 aromatic rings. The zero-order valence-corrected chi connectivity index (χ0v) is 14.9. The molecule has 1 heterocycles. The standard InChI is InChI=1S/C23H24N2O/c26-23(21-11-10-18-6-1-3-8-20(18)16-21)24-13-5-14-25-15-12-19-7-2-4-9-22(19)17-25/h1-4,6-11,16H,5,12-15,17H2,(H,24,26). The van der Waals surface area contributed by atoms with E-state index in [0.29, 0.717) is 6.54 Å². The SMILES string of the molecule is O=C(NCCCN1CCc2ccccc2C1)c1ccc2ccccc2c1. The summed E-state index contributed by atoms with van der Waals surface area (Å²) < 4.78 is 0. The molecule has 1 amide bonds. The minimum atomic E-state index is 0.0137. The highest BCUT2D eigenvalue weighted by Gasteiger charge is 2.15. The van der Waals surface area contributed by atoms with Crippen molar-refractivity contribution >= 4 is 16.7 Å². The molecule has 3 heteroatoms. The molecule has 0 aromatic heterocycles. The zero-order chi connectivity index (χ0) is 17.8. The molecule has 0 fully saturated rings. The number of hydrogen-bond acceptors (Lipinski definition) is 2. The summed E-state index contributed by atoms with van der Waals surface area (Å²) in [5, 5.41) is 5.32.